The van der Waals surface area contributed by atoms with Gasteiger partial charge in [0, 0.05) is 11.6 Å². The second kappa shape index (κ2) is 9.20. The summed E-state index contributed by atoms with van der Waals surface area (Å²) < 4.78 is 0. The largest absolute Gasteiger partial charge is 0.481 e. The van der Waals surface area contributed by atoms with Gasteiger partial charge < -0.3 is 15.7 Å². The van der Waals surface area contributed by atoms with Crippen molar-refractivity contribution >= 4 is 24.3 Å². The van der Waals surface area contributed by atoms with E-state index in [2.05, 4.69) is 22.8 Å². The molecule has 1 aliphatic heterocycles. The van der Waals surface area contributed by atoms with Crippen LogP contribution in [0.25, 0.3) is 0 Å². The maximum Gasteiger partial charge on any atom is 0.306 e. The molecule has 1 aliphatic carbocycles. The predicted molar refractivity (Wildman–Crippen MR) is 99.4 cm³/mol. The first kappa shape index (κ1) is 19.7. The summed E-state index contributed by atoms with van der Waals surface area (Å²) in [6, 6.07) is 8.07. The molecule has 0 radical (unpaired) electrons. The van der Waals surface area contributed by atoms with E-state index in [9.17, 15) is 9.59 Å². The highest BCUT2D eigenvalue weighted by atomic mass is 35.5. The second-order valence-electron chi connectivity index (χ2n) is 7.01. The predicted octanol–water partition coefficient (Wildman–Crippen LogP) is 2.95. The molecule has 25 heavy (non-hydrogen) atoms. The summed E-state index contributed by atoms with van der Waals surface area (Å²) >= 11 is 0. The zero-order chi connectivity index (χ0) is 16.9. The Kier molecular flexibility index (Phi) is 7.26. The van der Waals surface area contributed by atoms with Gasteiger partial charge in [-0.15, -0.1) is 12.4 Å². The molecule has 138 valence electrons. The van der Waals surface area contributed by atoms with Gasteiger partial charge in [-0.1, -0.05) is 12.1 Å². The maximum absolute atomic E-state index is 12.4. The van der Waals surface area contributed by atoms with Crippen LogP contribution in [-0.4, -0.2) is 36.1 Å². The summed E-state index contributed by atoms with van der Waals surface area (Å²) in [7, 11) is 0. The Bertz CT molecular complexity index is 577. The Balaban J connectivity index is 0.00000225. The van der Waals surface area contributed by atoms with E-state index in [-0.39, 0.29) is 30.3 Å². The highest BCUT2D eigenvalue weighted by Crippen LogP contribution is 2.26. The number of halogens is 1. The van der Waals surface area contributed by atoms with Crippen molar-refractivity contribution in [3.05, 3.63) is 35.4 Å². The first-order valence-electron chi connectivity index (χ1n) is 8.98. The maximum atomic E-state index is 12.4. The van der Waals surface area contributed by atoms with E-state index >= 15 is 0 Å². The average Bonchev–Trinajstić information content (AvgIpc) is 2.63. The van der Waals surface area contributed by atoms with E-state index in [1.165, 1.54) is 5.56 Å². The van der Waals surface area contributed by atoms with Crippen LogP contribution in [0.1, 0.15) is 60.4 Å². The number of hydrogen-bond donors (Lipinski definition) is 3. The molecule has 1 amide bonds. The highest BCUT2D eigenvalue weighted by molar-refractivity contribution is 5.94. The van der Waals surface area contributed by atoms with Gasteiger partial charge in [-0.05, 0) is 75.2 Å². The summed E-state index contributed by atoms with van der Waals surface area (Å²) in [6.07, 6.45) is 5.09. The molecule has 0 aromatic heterocycles. The number of amides is 1. The van der Waals surface area contributed by atoms with E-state index in [1.54, 1.807) is 0 Å². The first-order chi connectivity index (χ1) is 11.6. The number of carboxylic acid groups (broad SMARTS) is 1. The highest BCUT2D eigenvalue weighted by Gasteiger charge is 2.27. The van der Waals surface area contributed by atoms with Crippen molar-refractivity contribution in [2.24, 2.45) is 5.92 Å². The number of benzene rings is 1. The molecule has 3 rings (SSSR count). The molecule has 5 nitrogen and oxygen atoms in total. The SMILES string of the molecule is Cl.O=C(NC1CCC(C(=O)O)CC1)c1ccc(C2CCNCC2)cc1. The summed E-state index contributed by atoms with van der Waals surface area (Å²) in [5.74, 6) is -0.420. The van der Waals surface area contributed by atoms with Crippen LogP contribution >= 0.6 is 12.4 Å². The number of aliphatic carboxylic acids is 1. The van der Waals surface area contributed by atoms with Crippen molar-refractivity contribution < 1.29 is 14.7 Å². The Hall–Kier alpha value is -1.59. The fraction of sp³-hybridized carbons (Fsp3) is 0.579. The number of carbonyl (C=O) groups excluding carboxylic acids is 1. The van der Waals surface area contributed by atoms with E-state index in [1.807, 2.05) is 12.1 Å². The van der Waals surface area contributed by atoms with Gasteiger partial charge in [0.1, 0.15) is 0 Å². The van der Waals surface area contributed by atoms with E-state index in [0.29, 0.717) is 24.3 Å². The molecule has 2 aliphatic rings. The molecule has 0 unspecified atom stereocenters. The minimum atomic E-state index is -0.715. The molecule has 1 heterocycles. The fourth-order valence-corrected chi connectivity index (χ4v) is 3.82. The van der Waals surface area contributed by atoms with Crippen LogP contribution in [0.3, 0.4) is 0 Å². The van der Waals surface area contributed by atoms with Crippen molar-refractivity contribution in [2.75, 3.05) is 13.1 Å². The lowest BCUT2D eigenvalue weighted by Crippen LogP contribution is -2.38. The molecule has 2 fully saturated rings. The Morgan fingerprint density at radius 3 is 2.12 bits per heavy atom. The zero-order valence-electron chi connectivity index (χ0n) is 14.4. The number of hydrogen-bond acceptors (Lipinski definition) is 3. The van der Waals surface area contributed by atoms with Gasteiger partial charge in [-0.2, -0.15) is 0 Å². The molecule has 1 aromatic rings. The average molecular weight is 367 g/mol. The zero-order valence-corrected chi connectivity index (χ0v) is 15.2. The molecule has 1 aromatic carbocycles. The lowest BCUT2D eigenvalue weighted by molar-refractivity contribution is -0.142. The molecular formula is C19H27ClN2O3. The fourth-order valence-electron chi connectivity index (χ4n) is 3.82. The molecule has 6 heteroatoms. The van der Waals surface area contributed by atoms with Gasteiger partial charge in [-0.3, -0.25) is 9.59 Å². The minimum absolute atomic E-state index is 0. The van der Waals surface area contributed by atoms with Gasteiger partial charge in [0.15, 0.2) is 0 Å². The number of rotatable bonds is 4. The number of nitrogens with one attached hydrogen (secondary N) is 2. The van der Waals surface area contributed by atoms with Crippen LogP contribution in [0, 0.1) is 5.92 Å². The van der Waals surface area contributed by atoms with Crippen molar-refractivity contribution in [3.63, 3.8) is 0 Å². The third-order valence-electron chi connectivity index (χ3n) is 5.40. The molecule has 1 saturated heterocycles. The minimum Gasteiger partial charge on any atom is -0.481 e. The topological polar surface area (TPSA) is 78.4 Å². The lowest BCUT2D eigenvalue weighted by atomic mass is 9.86. The van der Waals surface area contributed by atoms with E-state index < -0.39 is 5.97 Å². The van der Waals surface area contributed by atoms with E-state index in [4.69, 9.17) is 5.11 Å². The summed E-state index contributed by atoms with van der Waals surface area (Å²) in [5.41, 5.74) is 2.00. The molecular weight excluding hydrogens is 340 g/mol. The standard InChI is InChI=1S/C19H26N2O3.ClH/c22-18(21-17-7-5-16(6-8-17)19(23)24)15-3-1-13(2-4-15)14-9-11-20-12-10-14;/h1-4,14,16-17,20H,5-12H2,(H,21,22)(H,23,24);1H. The summed E-state index contributed by atoms with van der Waals surface area (Å²) in [6.45, 7) is 2.12. The van der Waals surface area contributed by atoms with Crippen molar-refractivity contribution in [3.8, 4) is 0 Å². The monoisotopic (exact) mass is 366 g/mol. The molecule has 0 spiro atoms. The number of piperidine rings is 1. The van der Waals surface area contributed by atoms with Crippen molar-refractivity contribution in [1.29, 1.82) is 0 Å². The van der Waals surface area contributed by atoms with Crippen LogP contribution < -0.4 is 10.6 Å². The number of carboxylic acids is 1. The quantitative estimate of drug-likeness (QED) is 0.765. The smallest absolute Gasteiger partial charge is 0.306 e. The summed E-state index contributed by atoms with van der Waals surface area (Å²) in [5, 5.41) is 15.4. The van der Waals surface area contributed by atoms with Crippen LogP contribution in [0.15, 0.2) is 24.3 Å². The van der Waals surface area contributed by atoms with Crippen molar-refractivity contribution in [1.82, 2.24) is 10.6 Å². The molecule has 0 bridgehead atoms. The van der Waals surface area contributed by atoms with Gasteiger partial charge >= 0.3 is 5.97 Å². The Labute approximate surface area is 155 Å². The number of carbonyl (C=O) groups is 2. The normalized spacial score (nSPS) is 24.2. The van der Waals surface area contributed by atoms with Crippen LogP contribution in [-0.2, 0) is 4.79 Å². The van der Waals surface area contributed by atoms with Crippen LogP contribution in [0.5, 0.6) is 0 Å². The van der Waals surface area contributed by atoms with E-state index in [0.717, 1.165) is 38.8 Å². The molecule has 3 N–H and O–H groups in total. The van der Waals surface area contributed by atoms with Gasteiger partial charge in [0.2, 0.25) is 0 Å². The lowest BCUT2D eigenvalue weighted by Gasteiger charge is -2.27. The van der Waals surface area contributed by atoms with Crippen LogP contribution in [0.2, 0.25) is 0 Å². The summed E-state index contributed by atoms with van der Waals surface area (Å²) in [4.78, 5) is 23.4. The molecule has 0 atom stereocenters. The third-order valence-corrected chi connectivity index (χ3v) is 5.40. The third kappa shape index (κ3) is 5.19. The Morgan fingerprint density at radius 1 is 0.960 bits per heavy atom. The first-order valence-corrected chi connectivity index (χ1v) is 8.98. The Morgan fingerprint density at radius 2 is 1.56 bits per heavy atom. The van der Waals surface area contributed by atoms with Crippen LogP contribution in [0.4, 0.5) is 0 Å². The molecule has 1 saturated carbocycles. The van der Waals surface area contributed by atoms with Gasteiger partial charge in [0.05, 0.1) is 5.92 Å². The second-order valence-corrected chi connectivity index (χ2v) is 7.01. The van der Waals surface area contributed by atoms with Gasteiger partial charge in [-0.25, -0.2) is 0 Å². The van der Waals surface area contributed by atoms with Crippen molar-refractivity contribution in [2.45, 2.75) is 50.5 Å². The van der Waals surface area contributed by atoms with Gasteiger partial charge in [0.25, 0.3) is 5.91 Å².